The number of fused-ring (bicyclic) bond motifs is 1. The highest BCUT2D eigenvalue weighted by atomic mass is 79.9. The first kappa shape index (κ1) is 23.5. The molecule has 1 heterocycles. The molecule has 3 rings (SSSR count). The van der Waals surface area contributed by atoms with E-state index in [-0.39, 0.29) is 5.91 Å². The monoisotopic (exact) mass is 483 g/mol. The molecule has 0 saturated carbocycles. The number of para-hydroxylation sites is 2. The number of carbonyl (C=O) groups excluding carboxylic acids is 1. The fourth-order valence-corrected chi connectivity index (χ4v) is 4.36. The zero-order valence-electron chi connectivity index (χ0n) is 18.6. The zero-order chi connectivity index (χ0) is 21.9. The molecule has 0 atom stereocenters. The fourth-order valence-electron chi connectivity index (χ4n) is 3.96. The van der Waals surface area contributed by atoms with Crippen molar-refractivity contribution in [1.82, 2.24) is 14.9 Å². The minimum atomic E-state index is -0.00818. The molecule has 3 aromatic rings. The molecule has 0 spiro atoms. The predicted molar refractivity (Wildman–Crippen MR) is 133 cm³/mol. The van der Waals surface area contributed by atoms with Gasteiger partial charge in [-0.2, -0.15) is 0 Å². The molecule has 1 aromatic heterocycles. The van der Waals surface area contributed by atoms with Gasteiger partial charge in [0.25, 0.3) is 5.91 Å². The maximum atomic E-state index is 12.2. The molecule has 0 aliphatic carbocycles. The summed E-state index contributed by atoms with van der Waals surface area (Å²) in [4.78, 5) is 17.1. The second-order valence-electron chi connectivity index (χ2n) is 8.16. The van der Waals surface area contributed by atoms with Crippen molar-refractivity contribution in [2.75, 3.05) is 6.54 Å². The number of unbranched alkanes of at least 4 members (excludes halogenated alkanes) is 6. The van der Waals surface area contributed by atoms with Crippen LogP contribution < -0.4 is 5.32 Å². The van der Waals surface area contributed by atoms with Crippen LogP contribution in [0.4, 0.5) is 0 Å². The van der Waals surface area contributed by atoms with Gasteiger partial charge in [-0.1, -0.05) is 73.2 Å². The normalized spacial score (nSPS) is 11.2. The summed E-state index contributed by atoms with van der Waals surface area (Å²) in [6, 6.07) is 16.0. The third kappa shape index (κ3) is 7.20. The average molecular weight is 484 g/mol. The van der Waals surface area contributed by atoms with Crippen LogP contribution in [0.25, 0.3) is 11.0 Å². The topological polar surface area (TPSA) is 46.9 Å². The fraction of sp³-hybridized carbons (Fsp3) is 0.462. The Morgan fingerprint density at radius 2 is 1.77 bits per heavy atom. The maximum Gasteiger partial charge on any atom is 0.251 e. The average Bonchev–Trinajstić information content (AvgIpc) is 3.13. The van der Waals surface area contributed by atoms with E-state index in [4.69, 9.17) is 4.98 Å². The molecule has 2 aromatic carbocycles. The summed E-state index contributed by atoms with van der Waals surface area (Å²) in [6.07, 6.45) is 10.6. The van der Waals surface area contributed by atoms with E-state index in [0.717, 1.165) is 42.2 Å². The van der Waals surface area contributed by atoms with Crippen LogP contribution in [0.3, 0.4) is 0 Å². The van der Waals surface area contributed by atoms with Crippen LogP contribution in [0.5, 0.6) is 0 Å². The molecule has 0 unspecified atom stereocenters. The number of aromatic nitrogens is 2. The molecular formula is C26H34BrN3O. The van der Waals surface area contributed by atoms with Crippen molar-refractivity contribution in [2.24, 2.45) is 0 Å². The number of carbonyl (C=O) groups is 1. The Bertz CT molecular complexity index is 966. The number of aryl methyl sites for hydroxylation is 2. The van der Waals surface area contributed by atoms with E-state index in [2.05, 4.69) is 57.0 Å². The first-order valence-corrected chi connectivity index (χ1v) is 12.5. The largest absolute Gasteiger partial charge is 0.352 e. The van der Waals surface area contributed by atoms with Crippen molar-refractivity contribution in [3.8, 4) is 0 Å². The molecule has 0 saturated heterocycles. The summed E-state index contributed by atoms with van der Waals surface area (Å²) in [6.45, 7) is 4.02. The lowest BCUT2D eigenvalue weighted by Gasteiger charge is -2.10. The number of hydrogen-bond donors (Lipinski definition) is 1. The van der Waals surface area contributed by atoms with Gasteiger partial charge in [0.2, 0.25) is 0 Å². The minimum Gasteiger partial charge on any atom is -0.352 e. The number of amides is 1. The van der Waals surface area contributed by atoms with E-state index in [0.29, 0.717) is 12.1 Å². The van der Waals surface area contributed by atoms with Crippen LogP contribution in [-0.4, -0.2) is 22.0 Å². The van der Waals surface area contributed by atoms with Crippen LogP contribution >= 0.6 is 15.9 Å². The second kappa shape index (κ2) is 12.7. The van der Waals surface area contributed by atoms with Crippen molar-refractivity contribution in [3.05, 3.63) is 64.4 Å². The third-order valence-corrected chi connectivity index (χ3v) is 6.16. The Kier molecular flexibility index (Phi) is 9.60. The SMILES string of the molecule is CCCCCCCn1c(CCCCCNC(=O)c2cccc(Br)c2)nc2ccccc21. The van der Waals surface area contributed by atoms with E-state index in [1.807, 2.05) is 24.3 Å². The lowest BCUT2D eigenvalue weighted by Crippen LogP contribution is -2.24. The Morgan fingerprint density at radius 1 is 0.968 bits per heavy atom. The van der Waals surface area contributed by atoms with Gasteiger partial charge in [0.1, 0.15) is 5.82 Å². The summed E-state index contributed by atoms with van der Waals surface area (Å²) < 4.78 is 3.35. The highest BCUT2D eigenvalue weighted by molar-refractivity contribution is 9.10. The second-order valence-corrected chi connectivity index (χ2v) is 9.08. The van der Waals surface area contributed by atoms with E-state index in [1.54, 1.807) is 0 Å². The van der Waals surface area contributed by atoms with Crippen molar-refractivity contribution in [3.63, 3.8) is 0 Å². The molecule has 4 nitrogen and oxygen atoms in total. The molecule has 1 amide bonds. The molecule has 5 heteroatoms. The summed E-state index contributed by atoms with van der Waals surface area (Å²) in [5.74, 6) is 1.20. The molecule has 0 radical (unpaired) electrons. The van der Waals surface area contributed by atoms with E-state index in [9.17, 15) is 4.79 Å². The van der Waals surface area contributed by atoms with E-state index < -0.39 is 0 Å². The smallest absolute Gasteiger partial charge is 0.251 e. The van der Waals surface area contributed by atoms with Crippen LogP contribution in [-0.2, 0) is 13.0 Å². The number of nitrogens with one attached hydrogen (secondary N) is 1. The number of nitrogens with zero attached hydrogens (tertiary/aromatic N) is 2. The number of imidazole rings is 1. The maximum absolute atomic E-state index is 12.2. The van der Waals surface area contributed by atoms with Crippen molar-refractivity contribution in [1.29, 1.82) is 0 Å². The van der Waals surface area contributed by atoms with Crippen LogP contribution in [0.2, 0.25) is 0 Å². The predicted octanol–water partition coefficient (Wildman–Crippen LogP) is 6.91. The summed E-state index contributed by atoms with van der Waals surface area (Å²) in [5, 5.41) is 3.02. The van der Waals surface area contributed by atoms with Crippen LogP contribution in [0, 0.1) is 0 Å². The molecule has 0 fully saturated rings. The Hall–Kier alpha value is -2.14. The van der Waals surface area contributed by atoms with Crippen molar-refractivity contribution in [2.45, 2.75) is 71.3 Å². The van der Waals surface area contributed by atoms with Gasteiger partial charge >= 0.3 is 0 Å². The molecule has 1 N–H and O–H groups in total. The van der Waals surface area contributed by atoms with Gasteiger partial charge < -0.3 is 9.88 Å². The van der Waals surface area contributed by atoms with Crippen molar-refractivity contribution < 1.29 is 4.79 Å². The Morgan fingerprint density at radius 3 is 2.61 bits per heavy atom. The third-order valence-electron chi connectivity index (χ3n) is 5.67. The number of halogens is 1. The highest BCUT2D eigenvalue weighted by Crippen LogP contribution is 2.19. The van der Waals surface area contributed by atoms with Crippen molar-refractivity contribution >= 4 is 32.9 Å². The first-order chi connectivity index (χ1) is 15.2. The standard InChI is InChI=1S/C26H34BrN3O/c1-2-3-4-5-11-19-30-24-16-9-8-15-23(24)29-25(30)17-7-6-10-18-28-26(31)21-13-12-14-22(27)20-21/h8-9,12-16,20H,2-7,10-11,17-19H2,1H3,(H,28,31). The van der Waals surface area contributed by atoms with Crippen LogP contribution in [0.15, 0.2) is 53.0 Å². The van der Waals surface area contributed by atoms with E-state index >= 15 is 0 Å². The lowest BCUT2D eigenvalue weighted by molar-refractivity contribution is 0.0953. The number of hydrogen-bond acceptors (Lipinski definition) is 2. The van der Waals surface area contributed by atoms with Gasteiger partial charge in [0.15, 0.2) is 0 Å². The summed E-state index contributed by atoms with van der Waals surface area (Å²) >= 11 is 3.41. The summed E-state index contributed by atoms with van der Waals surface area (Å²) in [7, 11) is 0. The number of rotatable bonds is 13. The van der Waals surface area contributed by atoms with Crippen LogP contribution in [0.1, 0.15) is 74.5 Å². The molecule has 0 aliphatic heterocycles. The summed E-state index contributed by atoms with van der Waals surface area (Å²) in [5.41, 5.74) is 3.06. The van der Waals surface area contributed by atoms with Gasteiger partial charge in [-0.25, -0.2) is 4.98 Å². The van der Waals surface area contributed by atoms with Gasteiger partial charge in [0, 0.05) is 29.5 Å². The molecule has 0 bridgehead atoms. The lowest BCUT2D eigenvalue weighted by atomic mass is 10.1. The molecule has 0 aliphatic rings. The first-order valence-electron chi connectivity index (χ1n) is 11.7. The van der Waals surface area contributed by atoms with E-state index in [1.165, 1.54) is 43.4 Å². The number of benzene rings is 2. The molecule has 166 valence electrons. The van der Waals surface area contributed by atoms with Gasteiger partial charge in [-0.15, -0.1) is 0 Å². The van der Waals surface area contributed by atoms with Gasteiger partial charge in [0.05, 0.1) is 11.0 Å². The van der Waals surface area contributed by atoms with Gasteiger partial charge in [-0.05, 0) is 49.6 Å². The molecule has 31 heavy (non-hydrogen) atoms. The Labute approximate surface area is 194 Å². The highest BCUT2D eigenvalue weighted by Gasteiger charge is 2.10. The van der Waals surface area contributed by atoms with Gasteiger partial charge in [-0.3, -0.25) is 4.79 Å². The zero-order valence-corrected chi connectivity index (χ0v) is 20.2. The molecular weight excluding hydrogens is 450 g/mol. The quantitative estimate of drug-likeness (QED) is 0.268. The minimum absolute atomic E-state index is 0.00818. The Balaban J connectivity index is 1.44.